The number of halogens is 2. The van der Waals surface area contributed by atoms with Crippen LogP contribution in [0.4, 0.5) is 15.8 Å². The minimum atomic E-state index is -0.623. The van der Waals surface area contributed by atoms with Gasteiger partial charge in [0.05, 0.1) is 15.5 Å². The van der Waals surface area contributed by atoms with Gasteiger partial charge in [-0.3, -0.25) is 10.1 Å². The molecule has 0 spiro atoms. The molecule has 0 amide bonds. The molecule has 0 aromatic heterocycles. The van der Waals surface area contributed by atoms with Crippen molar-refractivity contribution in [3.8, 4) is 0 Å². The summed E-state index contributed by atoms with van der Waals surface area (Å²) in [6.07, 6.45) is 2.47. The van der Waals surface area contributed by atoms with E-state index in [1.165, 1.54) is 18.9 Å². The molecule has 0 heterocycles. The lowest BCUT2D eigenvalue weighted by Crippen LogP contribution is -2.14. The van der Waals surface area contributed by atoms with Crippen molar-refractivity contribution in [1.29, 1.82) is 0 Å². The number of nitro groups is 1. The first-order chi connectivity index (χ1) is 8.49. The van der Waals surface area contributed by atoms with E-state index in [2.05, 4.69) is 28.2 Å². The van der Waals surface area contributed by atoms with Gasteiger partial charge in [0.25, 0.3) is 5.69 Å². The number of nitrogens with one attached hydrogen (secondary N) is 1. The summed E-state index contributed by atoms with van der Waals surface area (Å²) in [7, 11) is 0. The van der Waals surface area contributed by atoms with Crippen molar-refractivity contribution in [2.45, 2.75) is 19.8 Å². The Hall–Kier alpha value is -1.17. The highest BCUT2D eigenvalue weighted by Gasteiger charge is 2.28. The molecule has 0 saturated heterocycles. The molecule has 0 bridgehead atoms. The fourth-order valence-electron chi connectivity index (χ4n) is 1.93. The highest BCUT2D eigenvalue weighted by molar-refractivity contribution is 9.10. The van der Waals surface area contributed by atoms with Crippen molar-refractivity contribution in [3.63, 3.8) is 0 Å². The molecule has 1 atom stereocenters. The van der Waals surface area contributed by atoms with Crippen LogP contribution in [0.15, 0.2) is 16.6 Å². The van der Waals surface area contributed by atoms with Gasteiger partial charge in [-0.1, -0.05) is 6.92 Å². The van der Waals surface area contributed by atoms with Crippen molar-refractivity contribution in [3.05, 3.63) is 32.5 Å². The van der Waals surface area contributed by atoms with Gasteiger partial charge in [0.2, 0.25) is 0 Å². The molecule has 1 aliphatic carbocycles. The van der Waals surface area contributed by atoms with Crippen molar-refractivity contribution in [2.24, 2.45) is 11.8 Å². The summed E-state index contributed by atoms with van der Waals surface area (Å²) in [5.41, 5.74) is 0.138. The summed E-state index contributed by atoms with van der Waals surface area (Å²) in [6.45, 7) is 2.79. The molecule has 1 aliphatic rings. The molecule has 1 N–H and O–H groups in total. The van der Waals surface area contributed by atoms with Gasteiger partial charge >= 0.3 is 0 Å². The number of hydrogen-bond donors (Lipinski definition) is 1. The Morgan fingerprint density at radius 2 is 2.28 bits per heavy atom. The van der Waals surface area contributed by atoms with Crippen LogP contribution in [0.3, 0.4) is 0 Å². The molecule has 1 unspecified atom stereocenters. The lowest BCUT2D eigenvalue weighted by atomic mass is 10.1. The van der Waals surface area contributed by atoms with Gasteiger partial charge in [0, 0.05) is 6.54 Å². The first-order valence-electron chi connectivity index (χ1n) is 5.86. The molecular weight excluding hydrogens is 303 g/mol. The molecule has 0 aliphatic heterocycles. The summed E-state index contributed by atoms with van der Waals surface area (Å²) in [4.78, 5) is 10.3. The quantitative estimate of drug-likeness (QED) is 0.661. The van der Waals surface area contributed by atoms with Crippen molar-refractivity contribution in [1.82, 2.24) is 0 Å². The molecule has 4 nitrogen and oxygen atoms in total. The lowest BCUT2D eigenvalue weighted by molar-refractivity contribution is -0.384. The number of benzene rings is 1. The second kappa shape index (κ2) is 5.22. The zero-order valence-corrected chi connectivity index (χ0v) is 11.5. The second-order valence-electron chi connectivity index (χ2n) is 4.74. The monoisotopic (exact) mass is 316 g/mol. The van der Waals surface area contributed by atoms with Crippen molar-refractivity contribution < 1.29 is 9.31 Å². The van der Waals surface area contributed by atoms with Crippen LogP contribution in [0, 0.1) is 27.8 Å². The van der Waals surface area contributed by atoms with E-state index in [1.54, 1.807) is 0 Å². The third-order valence-corrected chi connectivity index (χ3v) is 3.88. The van der Waals surface area contributed by atoms with E-state index in [0.29, 0.717) is 18.2 Å². The van der Waals surface area contributed by atoms with E-state index in [0.717, 1.165) is 12.0 Å². The molecule has 1 aromatic carbocycles. The molecule has 1 aromatic rings. The molecule has 18 heavy (non-hydrogen) atoms. The first kappa shape index (κ1) is 13.3. The predicted molar refractivity (Wildman–Crippen MR) is 71.1 cm³/mol. The summed E-state index contributed by atoms with van der Waals surface area (Å²) in [5, 5.41) is 13.9. The van der Waals surface area contributed by atoms with Crippen LogP contribution in [0.2, 0.25) is 0 Å². The largest absolute Gasteiger partial charge is 0.379 e. The van der Waals surface area contributed by atoms with Gasteiger partial charge in [0.15, 0.2) is 0 Å². The van der Waals surface area contributed by atoms with Crippen LogP contribution in [-0.2, 0) is 0 Å². The van der Waals surface area contributed by atoms with Gasteiger partial charge in [-0.15, -0.1) is 0 Å². The van der Waals surface area contributed by atoms with E-state index >= 15 is 0 Å². The maximum Gasteiger partial charge on any atom is 0.295 e. The number of hydrogen-bond acceptors (Lipinski definition) is 3. The summed E-state index contributed by atoms with van der Waals surface area (Å²) in [5.74, 6) is 0.580. The molecule has 0 radical (unpaired) electrons. The number of nitro benzene ring substituents is 1. The topological polar surface area (TPSA) is 55.2 Å². The van der Waals surface area contributed by atoms with Gasteiger partial charge in [-0.2, -0.15) is 0 Å². The van der Waals surface area contributed by atoms with Gasteiger partial charge in [-0.25, -0.2) is 4.39 Å². The smallest absolute Gasteiger partial charge is 0.295 e. The minimum absolute atomic E-state index is 0.223. The Balaban J connectivity index is 2.14. The average molecular weight is 317 g/mol. The van der Waals surface area contributed by atoms with Crippen LogP contribution >= 0.6 is 15.9 Å². The summed E-state index contributed by atoms with van der Waals surface area (Å²) >= 11 is 3.04. The van der Waals surface area contributed by atoms with Gasteiger partial charge < -0.3 is 5.32 Å². The zero-order chi connectivity index (χ0) is 13.3. The maximum atomic E-state index is 13.3. The highest BCUT2D eigenvalue weighted by atomic mass is 79.9. The lowest BCUT2D eigenvalue weighted by Gasteiger charge is -2.13. The first-order valence-corrected chi connectivity index (χ1v) is 6.65. The Labute approximate surface area is 113 Å². The summed E-state index contributed by atoms with van der Waals surface area (Å²) in [6, 6.07) is 2.36. The normalized spacial score (nSPS) is 16.4. The maximum absolute atomic E-state index is 13.3. The van der Waals surface area contributed by atoms with E-state index in [1.807, 2.05) is 0 Å². The number of rotatable bonds is 5. The summed E-state index contributed by atoms with van der Waals surface area (Å²) < 4.78 is 13.5. The Bertz CT molecular complexity index is 477. The number of nitrogens with zero attached hydrogens (tertiary/aromatic N) is 1. The van der Waals surface area contributed by atoms with Gasteiger partial charge in [0.1, 0.15) is 11.5 Å². The molecular formula is C12H14BrFN2O2. The highest BCUT2D eigenvalue weighted by Crippen LogP contribution is 2.37. The zero-order valence-electron chi connectivity index (χ0n) is 9.95. The predicted octanol–water partition coefficient (Wildman–Crippen LogP) is 3.95. The molecule has 1 fully saturated rings. The standard InChI is InChI=1S/C12H14BrFN2O2/c1-7(8-2-3-8)6-15-11-4-9(13)10(14)5-12(11)16(17)18/h4-5,7-8,15H,2-3,6H2,1H3. The van der Waals surface area contributed by atoms with Crippen LogP contribution in [0.25, 0.3) is 0 Å². The van der Waals surface area contributed by atoms with Crippen molar-refractivity contribution >= 4 is 27.3 Å². The fraction of sp³-hybridized carbons (Fsp3) is 0.500. The Morgan fingerprint density at radius 1 is 1.61 bits per heavy atom. The van der Waals surface area contributed by atoms with E-state index < -0.39 is 10.7 Å². The molecule has 2 rings (SSSR count). The van der Waals surface area contributed by atoms with Crippen LogP contribution in [0.1, 0.15) is 19.8 Å². The molecule has 6 heteroatoms. The van der Waals surface area contributed by atoms with E-state index in [-0.39, 0.29) is 10.2 Å². The fourth-order valence-corrected chi connectivity index (χ4v) is 2.28. The Morgan fingerprint density at radius 3 is 2.83 bits per heavy atom. The van der Waals surface area contributed by atoms with Crippen LogP contribution in [0.5, 0.6) is 0 Å². The third-order valence-electron chi connectivity index (χ3n) is 3.28. The SMILES string of the molecule is CC(CNc1cc(Br)c(F)cc1[N+](=O)[O-])C1CC1. The number of anilines is 1. The average Bonchev–Trinajstić information content (AvgIpc) is 3.13. The minimum Gasteiger partial charge on any atom is -0.379 e. The van der Waals surface area contributed by atoms with Gasteiger partial charge in [-0.05, 0) is 46.7 Å². The van der Waals surface area contributed by atoms with Crippen LogP contribution < -0.4 is 5.32 Å². The second-order valence-corrected chi connectivity index (χ2v) is 5.59. The third kappa shape index (κ3) is 2.98. The van der Waals surface area contributed by atoms with Crippen LogP contribution in [-0.4, -0.2) is 11.5 Å². The molecule has 1 saturated carbocycles. The molecule has 98 valence electrons. The Kier molecular flexibility index (Phi) is 3.85. The van der Waals surface area contributed by atoms with Crippen molar-refractivity contribution in [2.75, 3.05) is 11.9 Å². The van der Waals surface area contributed by atoms with E-state index in [4.69, 9.17) is 0 Å². The van der Waals surface area contributed by atoms with E-state index in [9.17, 15) is 14.5 Å².